The van der Waals surface area contributed by atoms with Crippen LogP contribution in [0.4, 0.5) is 5.69 Å². The molecule has 3 aromatic carbocycles. The normalized spacial score (nSPS) is 11.6. The van der Waals surface area contributed by atoms with Crippen LogP contribution >= 0.6 is 0 Å². The molecular formula is C17H14NO5SZn+. The molecule has 0 aliphatic rings. The van der Waals surface area contributed by atoms with E-state index in [9.17, 15) is 18.6 Å². The van der Waals surface area contributed by atoms with Crippen molar-refractivity contribution in [2.45, 2.75) is 4.90 Å². The molecule has 3 rings (SSSR count). The van der Waals surface area contributed by atoms with Gasteiger partial charge in [-0.25, -0.2) is 0 Å². The van der Waals surface area contributed by atoms with Gasteiger partial charge in [0.2, 0.25) is 0 Å². The van der Waals surface area contributed by atoms with Crippen molar-refractivity contribution in [3.05, 3.63) is 60.2 Å². The van der Waals surface area contributed by atoms with Gasteiger partial charge in [0.1, 0.15) is 22.1 Å². The molecule has 0 unspecified atom stereocenters. The Morgan fingerprint density at radius 3 is 2.36 bits per heavy atom. The molecule has 0 aromatic heterocycles. The average Bonchev–Trinajstić information content (AvgIpc) is 2.54. The molecule has 0 aliphatic heterocycles. The molecule has 0 saturated carbocycles. The van der Waals surface area contributed by atoms with Gasteiger partial charge in [0.15, 0.2) is 0 Å². The molecule has 25 heavy (non-hydrogen) atoms. The fourth-order valence-corrected chi connectivity index (χ4v) is 2.84. The minimum Gasteiger partial charge on any atom is -0.507 e. The molecule has 0 bridgehead atoms. The summed E-state index contributed by atoms with van der Waals surface area (Å²) in [7, 11) is -4.15. The number of hydrogen-bond acceptors (Lipinski definition) is 5. The van der Waals surface area contributed by atoms with Gasteiger partial charge in [0.05, 0.1) is 0 Å². The van der Waals surface area contributed by atoms with Crippen LogP contribution in [0.1, 0.15) is 5.56 Å². The molecule has 8 heteroatoms. The van der Waals surface area contributed by atoms with Crippen molar-refractivity contribution >= 4 is 32.8 Å². The van der Waals surface area contributed by atoms with Gasteiger partial charge in [0, 0.05) is 31.3 Å². The van der Waals surface area contributed by atoms with Gasteiger partial charge in [-0.2, -0.15) is 0 Å². The summed E-state index contributed by atoms with van der Waals surface area (Å²) in [4.78, 5) is 3.81. The van der Waals surface area contributed by atoms with E-state index in [-0.39, 0.29) is 41.6 Å². The second kappa shape index (κ2) is 7.31. The minimum atomic E-state index is -4.15. The minimum absolute atomic E-state index is 0. The van der Waals surface area contributed by atoms with Gasteiger partial charge in [-0.3, -0.25) is 4.99 Å². The van der Waals surface area contributed by atoms with Gasteiger partial charge < -0.3 is 14.8 Å². The Morgan fingerprint density at radius 2 is 1.64 bits per heavy atom. The van der Waals surface area contributed by atoms with E-state index in [1.165, 1.54) is 12.3 Å². The van der Waals surface area contributed by atoms with E-state index >= 15 is 0 Å². The Balaban J connectivity index is 0.00000225. The van der Waals surface area contributed by atoms with Gasteiger partial charge in [0.25, 0.3) is 0 Å². The Labute approximate surface area is 157 Å². The summed E-state index contributed by atoms with van der Waals surface area (Å²) in [5.41, 5.74) is 0.447. The number of aliphatic imine (C=N–C) groups is 1. The molecule has 0 spiro atoms. The van der Waals surface area contributed by atoms with Crippen LogP contribution in [0, 0.1) is 0 Å². The van der Waals surface area contributed by atoms with Crippen LogP contribution in [0.5, 0.6) is 11.5 Å². The van der Waals surface area contributed by atoms with E-state index in [2.05, 4.69) is 4.99 Å². The molecule has 0 atom stereocenters. The van der Waals surface area contributed by atoms with Crippen molar-refractivity contribution in [2.75, 3.05) is 0 Å². The quantitative estimate of drug-likeness (QED) is 0.393. The van der Waals surface area contributed by atoms with Crippen LogP contribution in [0.3, 0.4) is 0 Å². The monoisotopic (exact) mass is 408 g/mol. The summed E-state index contributed by atoms with van der Waals surface area (Å²) in [6.45, 7) is 0. The van der Waals surface area contributed by atoms with Crippen LogP contribution in [0.2, 0.25) is 0 Å². The van der Waals surface area contributed by atoms with E-state index in [4.69, 9.17) is 4.55 Å². The van der Waals surface area contributed by atoms with Gasteiger partial charge in [-0.15, -0.1) is 8.42 Å². The topological polar surface area (TPSA) is 110 Å². The summed E-state index contributed by atoms with van der Waals surface area (Å²) in [5.74, 6) is -0.209. The number of benzene rings is 3. The maximum absolute atomic E-state index is 11.3. The van der Waals surface area contributed by atoms with E-state index in [1.54, 1.807) is 6.07 Å². The van der Waals surface area contributed by atoms with Crippen molar-refractivity contribution in [1.29, 1.82) is 0 Å². The van der Waals surface area contributed by atoms with Crippen molar-refractivity contribution in [2.24, 2.45) is 4.99 Å². The Bertz CT molecular complexity index is 1060. The Morgan fingerprint density at radius 1 is 0.960 bits per heavy atom. The Hall–Kier alpha value is -2.28. The summed E-state index contributed by atoms with van der Waals surface area (Å²) in [6.07, 6.45) is 1.35. The number of fused-ring (bicyclic) bond motifs is 1. The van der Waals surface area contributed by atoms with E-state index < -0.39 is 10.1 Å². The third kappa shape index (κ3) is 4.04. The van der Waals surface area contributed by atoms with Crippen LogP contribution in [0.25, 0.3) is 10.8 Å². The molecule has 0 heterocycles. The molecule has 0 amide bonds. The first kappa shape index (κ1) is 19.1. The molecule has 0 aliphatic carbocycles. The first-order valence-corrected chi connectivity index (χ1v) is 8.42. The van der Waals surface area contributed by atoms with Crippen molar-refractivity contribution < 1.29 is 42.7 Å². The third-order valence-corrected chi connectivity index (χ3v) is 4.41. The van der Waals surface area contributed by atoms with E-state index in [1.807, 2.05) is 24.3 Å². The first-order valence-electron chi connectivity index (χ1n) is 6.94. The van der Waals surface area contributed by atoms with Crippen molar-refractivity contribution in [3.8, 4) is 11.5 Å². The zero-order chi connectivity index (χ0) is 17.3. The standard InChI is InChI=1S/C17H13NO5S.Zn/c19-16-7-5-11-3-1-2-4-13(11)14(16)10-18-15-9-12(24(21,22)23)6-8-17(15)20;/h1-10,19-20H,(H,21,22,23);/p+1. The molecule has 0 fully saturated rings. The zero-order valence-corrected chi connectivity index (χ0v) is 16.8. The summed E-state index contributed by atoms with van der Waals surface area (Å²) < 4.78 is 29.7. The molecule has 0 radical (unpaired) electrons. The van der Waals surface area contributed by atoms with Crippen molar-refractivity contribution in [3.63, 3.8) is 0 Å². The fraction of sp³-hybridized carbons (Fsp3) is 0. The number of aromatic hydroxyl groups is 2. The smallest absolute Gasteiger partial charge is 0.409 e. The maximum Gasteiger partial charge on any atom is 0.409 e. The van der Waals surface area contributed by atoms with E-state index in [0.29, 0.717) is 5.56 Å². The SMILES string of the molecule is O=S(=O)([OH2+])c1ccc(O)c(N=Cc2c(O)ccc3ccccc23)c1.[Zn]. The molecule has 4 N–H and O–H groups in total. The second-order valence-electron chi connectivity index (χ2n) is 5.13. The fourth-order valence-electron chi connectivity index (χ4n) is 2.33. The molecule has 6 nitrogen and oxygen atoms in total. The molecule has 3 aromatic rings. The maximum atomic E-state index is 11.3. The number of nitrogens with zero attached hydrogens (tertiary/aromatic N) is 1. The van der Waals surface area contributed by atoms with Gasteiger partial charge in [-0.1, -0.05) is 30.3 Å². The predicted octanol–water partition coefficient (Wildman–Crippen LogP) is 2.41. The van der Waals surface area contributed by atoms with Gasteiger partial charge in [-0.05, 0) is 35.0 Å². The summed E-state index contributed by atoms with van der Waals surface area (Å²) in [5, 5.41) is 21.6. The number of phenols is 2. The predicted molar refractivity (Wildman–Crippen MR) is 91.8 cm³/mol. The van der Waals surface area contributed by atoms with Crippen LogP contribution in [-0.2, 0) is 29.6 Å². The summed E-state index contributed by atoms with van der Waals surface area (Å²) >= 11 is 0. The van der Waals surface area contributed by atoms with E-state index in [0.717, 1.165) is 29.0 Å². The zero-order valence-electron chi connectivity index (χ0n) is 13.0. The average molecular weight is 410 g/mol. The van der Waals surface area contributed by atoms with Gasteiger partial charge >= 0.3 is 10.1 Å². The first-order chi connectivity index (χ1) is 11.4. The largest absolute Gasteiger partial charge is 0.507 e. The number of phenolic OH excluding ortho intramolecular Hbond substituents is 2. The number of rotatable bonds is 3. The van der Waals surface area contributed by atoms with Crippen LogP contribution < -0.4 is 0 Å². The van der Waals surface area contributed by atoms with Crippen molar-refractivity contribution in [1.82, 2.24) is 0 Å². The van der Waals surface area contributed by atoms with Crippen LogP contribution in [0.15, 0.2) is 64.5 Å². The third-order valence-electron chi connectivity index (χ3n) is 3.54. The molecule has 124 valence electrons. The summed E-state index contributed by atoms with van der Waals surface area (Å²) in [6, 6.07) is 14.1. The Kier molecular flexibility index (Phi) is 5.57. The molecular weight excluding hydrogens is 396 g/mol. The van der Waals surface area contributed by atoms with Crippen LogP contribution in [-0.4, -0.2) is 29.4 Å². The second-order valence-corrected chi connectivity index (χ2v) is 6.61. The molecule has 0 saturated heterocycles. The number of hydrogen-bond donors (Lipinski definition) is 2.